The number of amides is 2. The van der Waals surface area contributed by atoms with Crippen LogP contribution in [0.25, 0.3) is 11.4 Å². The van der Waals surface area contributed by atoms with Crippen LogP contribution in [0.1, 0.15) is 19.8 Å². The SMILES string of the molecule is C[C@@H](NC(=O)Nc1cccc(-c2nccn2C)c1)C1CC1. The Morgan fingerprint density at radius 1 is 1.43 bits per heavy atom. The summed E-state index contributed by atoms with van der Waals surface area (Å²) in [7, 11) is 1.95. The normalized spacial score (nSPS) is 15.5. The van der Waals surface area contributed by atoms with Crippen LogP contribution in [0.2, 0.25) is 0 Å². The third-order valence-corrected chi connectivity index (χ3v) is 3.89. The van der Waals surface area contributed by atoms with Crippen LogP contribution in [-0.4, -0.2) is 21.6 Å². The van der Waals surface area contributed by atoms with E-state index in [1.807, 2.05) is 42.1 Å². The van der Waals surface area contributed by atoms with E-state index in [1.54, 1.807) is 6.20 Å². The fraction of sp³-hybridized carbons (Fsp3) is 0.375. The quantitative estimate of drug-likeness (QED) is 0.906. The average molecular weight is 284 g/mol. The van der Waals surface area contributed by atoms with Crippen LogP contribution in [0.3, 0.4) is 0 Å². The Labute approximate surface area is 124 Å². The zero-order valence-electron chi connectivity index (χ0n) is 12.3. The highest BCUT2D eigenvalue weighted by molar-refractivity contribution is 5.90. The van der Waals surface area contributed by atoms with E-state index < -0.39 is 0 Å². The molecule has 1 aromatic carbocycles. The Bertz CT molecular complexity index is 645. The van der Waals surface area contributed by atoms with Crippen LogP contribution in [0.5, 0.6) is 0 Å². The van der Waals surface area contributed by atoms with E-state index in [0.717, 1.165) is 17.1 Å². The van der Waals surface area contributed by atoms with Crippen LogP contribution in [0.4, 0.5) is 10.5 Å². The second-order valence-electron chi connectivity index (χ2n) is 5.67. The number of rotatable bonds is 4. The summed E-state index contributed by atoms with van der Waals surface area (Å²) in [4.78, 5) is 16.3. The number of aryl methyl sites for hydroxylation is 1. The van der Waals surface area contributed by atoms with Gasteiger partial charge in [-0.1, -0.05) is 12.1 Å². The fourth-order valence-corrected chi connectivity index (χ4v) is 2.47. The lowest BCUT2D eigenvalue weighted by atomic mass is 10.2. The summed E-state index contributed by atoms with van der Waals surface area (Å²) in [5.74, 6) is 1.53. The van der Waals surface area contributed by atoms with Gasteiger partial charge in [0.15, 0.2) is 0 Å². The van der Waals surface area contributed by atoms with Gasteiger partial charge in [-0.15, -0.1) is 0 Å². The smallest absolute Gasteiger partial charge is 0.319 e. The molecule has 2 amide bonds. The second kappa shape index (κ2) is 5.60. The molecule has 1 aromatic heterocycles. The molecule has 0 radical (unpaired) electrons. The molecular weight excluding hydrogens is 264 g/mol. The van der Waals surface area contributed by atoms with Gasteiger partial charge in [-0.25, -0.2) is 9.78 Å². The van der Waals surface area contributed by atoms with E-state index in [4.69, 9.17) is 0 Å². The van der Waals surface area contributed by atoms with Crippen molar-refractivity contribution >= 4 is 11.7 Å². The molecule has 1 atom stereocenters. The van der Waals surface area contributed by atoms with Crippen LogP contribution in [0.15, 0.2) is 36.7 Å². The molecule has 0 spiro atoms. The van der Waals surface area contributed by atoms with Gasteiger partial charge in [0.05, 0.1) is 0 Å². The highest BCUT2D eigenvalue weighted by Gasteiger charge is 2.28. The molecular formula is C16H20N4O. The molecule has 5 nitrogen and oxygen atoms in total. The maximum Gasteiger partial charge on any atom is 0.319 e. The Morgan fingerprint density at radius 3 is 2.90 bits per heavy atom. The largest absolute Gasteiger partial charge is 0.335 e. The summed E-state index contributed by atoms with van der Waals surface area (Å²) in [6.07, 6.45) is 6.10. The minimum atomic E-state index is -0.147. The number of anilines is 1. The van der Waals surface area contributed by atoms with Gasteiger partial charge in [0.2, 0.25) is 0 Å². The molecule has 1 aliphatic carbocycles. The Balaban J connectivity index is 1.68. The molecule has 0 saturated heterocycles. The molecule has 110 valence electrons. The van der Waals surface area contributed by atoms with Crippen molar-refractivity contribution < 1.29 is 4.79 Å². The molecule has 3 rings (SSSR count). The molecule has 0 aliphatic heterocycles. The molecule has 1 saturated carbocycles. The van der Waals surface area contributed by atoms with Gasteiger partial charge in [-0.3, -0.25) is 0 Å². The summed E-state index contributed by atoms with van der Waals surface area (Å²) in [5, 5.41) is 5.88. The Hall–Kier alpha value is -2.30. The van der Waals surface area contributed by atoms with Gasteiger partial charge in [0.25, 0.3) is 0 Å². The number of carbonyl (C=O) groups excluding carboxylic acids is 1. The van der Waals surface area contributed by atoms with Gasteiger partial charge >= 0.3 is 6.03 Å². The summed E-state index contributed by atoms with van der Waals surface area (Å²) >= 11 is 0. The van der Waals surface area contributed by atoms with E-state index in [0.29, 0.717) is 5.92 Å². The van der Waals surface area contributed by atoms with Crippen LogP contribution >= 0.6 is 0 Å². The van der Waals surface area contributed by atoms with Gasteiger partial charge in [0.1, 0.15) is 5.82 Å². The number of aromatic nitrogens is 2. The van der Waals surface area contributed by atoms with Gasteiger partial charge in [-0.05, 0) is 37.8 Å². The predicted molar refractivity (Wildman–Crippen MR) is 83.0 cm³/mol. The van der Waals surface area contributed by atoms with Gasteiger partial charge in [0, 0.05) is 36.7 Å². The van der Waals surface area contributed by atoms with Crippen molar-refractivity contribution in [2.45, 2.75) is 25.8 Å². The monoisotopic (exact) mass is 284 g/mol. The lowest BCUT2D eigenvalue weighted by Crippen LogP contribution is -2.37. The van der Waals surface area contributed by atoms with E-state index in [9.17, 15) is 4.79 Å². The zero-order chi connectivity index (χ0) is 14.8. The van der Waals surface area contributed by atoms with Crippen molar-refractivity contribution in [3.05, 3.63) is 36.7 Å². The summed E-state index contributed by atoms with van der Waals surface area (Å²) < 4.78 is 1.95. The highest BCUT2D eigenvalue weighted by atomic mass is 16.2. The van der Waals surface area contributed by atoms with E-state index in [-0.39, 0.29) is 12.1 Å². The summed E-state index contributed by atoms with van der Waals surface area (Å²) in [6.45, 7) is 2.06. The van der Waals surface area contributed by atoms with Gasteiger partial charge in [-0.2, -0.15) is 0 Å². The molecule has 1 heterocycles. The molecule has 1 aliphatic rings. The predicted octanol–water partition coefficient (Wildman–Crippen LogP) is 3.01. The molecule has 21 heavy (non-hydrogen) atoms. The van der Waals surface area contributed by atoms with Crippen molar-refractivity contribution in [1.29, 1.82) is 0 Å². The van der Waals surface area contributed by atoms with Crippen LogP contribution in [-0.2, 0) is 7.05 Å². The standard InChI is InChI=1S/C16H20N4O/c1-11(12-6-7-12)18-16(21)19-14-5-3-4-13(10-14)15-17-8-9-20(15)2/h3-5,8-12H,6-7H2,1-2H3,(H2,18,19,21)/t11-/m1/s1. The number of hydrogen-bond acceptors (Lipinski definition) is 2. The number of urea groups is 1. The third-order valence-electron chi connectivity index (χ3n) is 3.89. The third kappa shape index (κ3) is 3.24. The first kappa shape index (κ1) is 13.7. The molecule has 0 bridgehead atoms. The minimum absolute atomic E-state index is 0.147. The van der Waals surface area contributed by atoms with E-state index >= 15 is 0 Å². The maximum atomic E-state index is 12.0. The number of carbonyl (C=O) groups is 1. The van der Waals surface area contributed by atoms with Crippen molar-refractivity contribution in [2.75, 3.05) is 5.32 Å². The lowest BCUT2D eigenvalue weighted by Gasteiger charge is -2.14. The van der Waals surface area contributed by atoms with Crippen molar-refractivity contribution in [3.63, 3.8) is 0 Å². The first-order valence-electron chi connectivity index (χ1n) is 7.29. The van der Waals surface area contributed by atoms with Gasteiger partial charge < -0.3 is 15.2 Å². The highest BCUT2D eigenvalue weighted by Crippen LogP contribution is 2.32. The van der Waals surface area contributed by atoms with Crippen molar-refractivity contribution in [2.24, 2.45) is 13.0 Å². The second-order valence-corrected chi connectivity index (χ2v) is 5.67. The molecule has 2 aromatic rings. The number of benzene rings is 1. The van der Waals surface area contributed by atoms with Crippen LogP contribution < -0.4 is 10.6 Å². The van der Waals surface area contributed by atoms with E-state index in [1.165, 1.54) is 12.8 Å². The molecule has 1 fully saturated rings. The maximum absolute atomic E-state index is 12.0. The number of imidazole rings is 1. The minimum Gasteiger partial charge on any atom is -0.335 e. The lowest BCUT2D eigenvalue weighted by molar-refractivity contribution is 0.248. The first-order valence-corrected chi connectivity index (χ1v) is 7.29. The topological polar surface area (TPSA) is 59.0 Å². The molecule has 0 unspecified atom stereocenters. The molecule has 5 heteroatoms. The van der Waals surface area contributed by atoms with Crippen molar-refractivity contribution in [1.82, 2.24) is 14.9 Å². The summed E-state index contributed by atoms with van der Waals surface area (Å²) in [5.41, 5.74) is 1.76. The number of nitrogens with one attached hydrogen (secondary N) is 2. The first-order chi connectivity index (χ1) is 10.1. The Kier molecular flexibility index (Phi) is 3.64. The van der Waals surface area contributed by atoms with Crippen LogP contribution in [0, 0.1) is 5.92 Å². The Morgan fingerprint density at radius 2 is 2.24 bits per heavy atom. The van der Waals surface area contributed by atoms with Crippen molar-refractivity contribution in [3.8, 4) is 11.4 Å². The summed E-state index contributed by atoms with van der Waals surface area (Å²) in [6, 6.07) is 7.81. The average Bonchev–Trinajstić information content (AvgIpc) is 3.21. The fourth-order valence-electron chi connectivity index (χ4n) is 2.47. The molecule has 2 N–H and O–H groups in total. The number of nitrogens with zero attached hydrogens (tertiary/aromatic N) is 2. The number of hydrogen-bond donors (Lipinski definition) is 2. The zero-order valence-corrected chi connectivity index (χ0v) is 12.3. The van der Waals surface area contributed by atoms with E-state index in [2.05, 4.69) is 22.5 Å².